The van der Waals surface area contributed by atoms with E-state index in [0.29, 0.717) is 28.3 Å². The highest BCUT2D eigenvalue weighted by Crippen LogP contribution is 2.44. The number of pyridine rings is 1. The van der Waals surface area contributed by atoms with Crippen LogP contribution in [0.5, 0.6) is 0 Å². The van der Waals surface area contributed by atoms with Crippen molar-refractivity contribution >= 4 is 45.5 Å². The molecule has 1 atom stereocenters. The van der Waals surface area contributed by atoms with Gasteiger partial charge in [0.1, 0.15) is 16.2 Å². The fraction of sp³-hybridized carbons (Fsp3) is 0.276. The lowest BCUT2D eigenvalue weighted by Gasteiger charge is -2.24. The number of aromatic nitrogens is 3. The number of thiazole rings is 1. The van der Waals surface area contributed by atoms with E-state index in [1.807, 2.05) is 30.3 Å². The predicted octanol–water partition coefficient (Wildman–Crippen LogP) is 5.12. The molecular weight excluding hydrogens is 516 g/mol. The van der Waals surface area contributed by atoms with Crippen molar-refractivity contribution in [2.75, 3.05) is 12.0 Å². The third-order valence-corrected chi connectivity index (χ3v) is 7.96. The van der Waals surface area contributed by atoms with E-state index < -0.39 is 23.7 Å². The minimum atomic E-state index is -0.983. The summed E-state index contributed by atoms with van der Waals surface area (Å²) in [5.41, 5.74) is 3.29. The van der Waals surface area contributed by atoms with E-state index in [2.05, 4.69) is 30.7 Å². The molecule has 3 aromatic heterocycles. The molecule has 1 aliphatic rings. The molecule has 0 spiro atoms. The highest BCUT2D eigenvalue weighted by atomic mass is 32.1. The number of imidazole rings is 1. The molecule has 4 heterocycles. The van der Waals surface area contributed by atoms with Gasteiger partial charge in [-0.05, 0) is 42.5 Å². The summed E-state index contributed by atoms with van der Waals surface area (Å²) in [5.74, 6) is -2.62. The number of nitrogens with zero attached hydrogens (tertiary/aromatic N) is 4. The van der Waals surface area contributed by atoms with Crippen molar-refractivity contribution in [1.82, 2.24) is 14.4 Å². The number of ether oxygens (including phenoxy) is 1. The van der Waals surface area contributed by atoms with Crippen molar-refractivity contribution in [3.63, 3.8) is 0 Å². The number of rotatable bonds is 4. The van der Waals surface area contributed by atoms with Gasteiger partial charge in [0.2, 0.25) is 0 Å². The van der Waals surface area contributed by atoms with Gasteiger partial charge in [-0.15, -0.1) is 0 Å². The Balaban J connectivity index is 1.76. The van der Waals surface area contributed by atoms with Crippen LogP contribution in [0.2, 0.25) is 0 Å². The first kappa shape index (κ1) is 26.3. The van der Waals surface area contributed by atoms with E-state index in [9.17, 15) is 19.5 Å². The van der Waals surface area contributed by atoms with Crippen LogP contribution in [-0.2, 0) is 19.7 Å². The minimum absolute atomic E-state index is 0.0790. The summed E-state index contributed by atoms with van der Waals surface area (Å²) in [6, 6.07) is 12.0. The molecule has 1 aromatic carbocycles. The molecule has 200 valence electrons. The number of aliphatic hydroxyl groups excluding tert-OH is 1. The Bertz CT molecular complexity index is 1670. The Morgan fingerprint density at radius 1 is 1.03 bits per heavy atom. The molecule has 0 saturated carbocycles. The number of Topliss-reactive ketones (excluding diaryl/α,β-unsaturated/α-hetero) is 1. The number of esters is 1. The topological polar surface area (TPSA) is 114 Å². The summed E-state index contributed by atoms with van der Waals surface area (Å²) in [6.07, 6.45) is 1.74. The minimum Gasteiger partial charge on any atom is -0.505 e. The smallest absolute Gasteiger partial charge is 0.350 e. The zero-order valence-electron chi connectivity index (χ0n) is 22.5. The van der Waals surface area contributed by atoms with E-state index in [1.54, 1.807) is 36.6 Å². The van der Waals surface area contributed by atoms with Crippen molar-refractivity contribution < 1.29 is 24.2 Å². The fourth-order valence-corrected chi connectivity index (χ4v) is 5.82. The number of anilines is 1. The van der Waals surface area contributed by atoms with E-state index in [0.717, 1.165) is 16.9 Å². The number of methoxy groups -OCH3 is 1. The summed E-state index contributed by atoms with van der Waals surface area (Å²) in [7, 11) is 1.27. The van der Waals surface area contributed by atoms with E-state index in [4.69, 9.17) is 4.74 Å². The summed E-state index contributed by atoms with van der Waals surface area (Å²) in [4.78, 5) is 49.9. The highest BCUT2D eigenvalue weighted by molar-refractivity contribution is 7.17. The van der Waals surface area contributed by atoms with Crippen LogP contribution in [-0.4, -0.2) is 44.2 Å². The second-order valence-corrected chi connectivity index (χ2v) is 11.4. The normalized spacial score (nSPS) is 17.3. The van der Waals surface area contributed by atoms with Gasteiger partial charge in [0, 0.05) is 6.20 Å². The van der Waals surface area contributed by atoms with Gasteiger partial charge in [-0.3, -0.25) is 18.9 Å². The van der Waals surface area contributed by atoms with Crippen LogP contribution in [0.25, 0.3) is 11.4 Å². The molecule has 5 rings (SSSR count). The van der Waals surface area contributed by atoms with Gasteiger partial charge in [-0.2, -0.15) is 0 Å². The Hall–Kier alpha value is -4.31. The van der Waals surface area contributed by atoms with Gasteiger partial charge in [0.25, 0.3) is 5.78 Å². The summed E-state index contributed by atoms with van der Waals surface area (Å²) < 4.78 is 6.54. The maximum absolute atomic E-state index is 13.6. The number of benzene rings is 1. The molecule has 0 aliphatic carbocycles. The zero-order valence-corrected chi connectivity index (χ0v) is 23.3. The molecule has 0 radical (unpaired) electrons. The first-order valence-electron chi connectivity index (χ1n) is 12.3. The van der Waals surface area contributed by atoms with E-state index >= 15 is 0 Å². The summed E-state index contributed by atoms with van der Waals surface area (Å²) >= 11 is 0.963. The maximum Gasteiger partial charge on any atom is 0.350 e. The van der Waals surface area contributed by atoms with Crippen LogP contribution in [0.15, 0.2) is 54.2 Å². The van der Waals surface area contributed by atoms with Crippen molar-refractivity contribution in [3.8, 4) is 0 Å². The first-order valence-corrected chi connectivity index (χ1v) is 13.2. The van der Waals surface area contributed by atoms with Gasteiger partial charge in [-0.25, -0.2) is 14.8 Å². The molecule has 9 nitrogen and oxygen atoms in total. The van der Waals surface area contributed by atoms with Gasteiger partial charge in [-0.1, -0.05) is 62.4 Å². The molecule has 1 amide bonds. The SMILES string of the molecule is COC(=O)c1sc(N2C(=O)C(=O)/C(=C(/O)c3c(C)nc4ccccn34)C2c2ccc(C(C)(C)C)cc2)nc1C. The molecular formula is C29H28N4O5S. The molecule has 1 saturated heterocycles. The van der Waals surface area contributed by atoms with Crippen LogP contribution in [0.4, 0.5) is 5.13 Å². The van der Waals surface area contributed by atoms with Crippen molar-refractivity contribution in [2.24, 2.45) is 0 Å². The lowest BCUT2D eigenvalue weighted by Crippen LogP contribution is -2.29. The van der Waals surface area contributed by atoms with Crippen molar-refractivity contribution in [2.45, 2.75) is 46.1 Å². The number of aryl methyl sites for hydroxylation is 2. The average molecular weight is 545 g/mol. The quantitative estimate of drug-likeness (QED) is 0.164. The van der Waals surface area contributed by atoms with Crippen molar-refractivity contribution in [1.29, 1.82) is 0 Å². The number of fused-ring (bicyclic) bond motifs is 1. The molecule has 1 N–H and O–H groups in total. The predicted molar refractivity (Wildman–Crippen MR) is 148 cm³/mol. The number of carbonyl (C=O) groups excluding carboxylic acids is 3. The first-order chi connectivity index (χ1) is 18.4. The highest BCUT2D eigenvalue weighted by Gasteiger charge is 2.49. The van der Waals surface area contributed by atoms with Gasteiger partial charge in [0.15, 0.2) is 10.9 Å². The monoisotopic (exact) mass is 544 g/mol. The fourth-order valence-electron chi connectivity index (χ4n) is 4.80. The van der Waals surface area contributed by atoms with Crippen LogP contribution in [0.1, 0.15) is 64.7 Å². The van der Waals surface area contributed by atoms with Crippen molar-refractivity contribution in [3.05, 3.63) is 87.3 Å². The second-order valence-electron chi connectivity index (χ2n) is 10.4. The lowest BCUT2D eigenvalue weighted by atomic mass is 9.85. The van der Waals surface area contributed by atoms with E-state index in [1.165, 1.54) is 12.0 Å². The Morgan fingerprint density at radius 3 is 2.36 bits per heavy atom. The number of ketones is 1. The molecule has 1 aliphatic heterocycles. The third kappa shape index (κ3) is 4.30. The maximum atomic E-state index is 13.6. The molecule has 4 aromatic rings. The second kappa shape index (κ2) is 9.46. The number of aliphatic hydroxyl groups is 1. The number of hydrogen-bond acceptors (Lipinski definition) is 8. The molecule has 10 heteroatoms. The Kier molecular flexibility index (Phi) is 6.38. The summed E-state index contributed by atoms with van der Waals surface area (Å²) in [6.45, 7) is 9.65. The molecule has 1 fully saturated rings. The molecule has 0 bridgehead atoms. The largest absolute Gasteiger partial charge is 0.505 e. The van der Waals surface area contributed by atoms with Gasteiger partial charge >= 0.3 is 11.9 Å². The van der Waals surface area contributed by atoms with Gasteiger partial charge < -0.3 is 9.84 Å². The zero-order chi connectivity index (χ0) is 28.2. The Morgan fingerprint density at radius 2 is 1.72 bits per heavy atom. The standard InChI is InChI=1S/C29H28N4O5S/c1-15-21(32-14-8-7-9-19(32)30-15)23(34)20-22(17-10-12-18(13-11-17)29(3,4)5)33(26(36)24(20)35)28-31-16(2)25(39-28)27(37)38-6/h7-14,22,34H,1-6H3/b23-20+. The van der Waals surface area contributed by atoms with Crippen LogP contribution in [0.3, 0.4) is 0 Å². The third-order valence-electron chi connectivity index (χ3n) is 6.83. The molecule has 39 heavy (non-hydrogen) atoms. The van der Waals surface area contributed by atoms with E-state index in [-0.39, 0.29) is 26.8 Å². The summed E-state index contributed by atoms with van der Waals surface area (Å²) in [5, 5.41) is 11.8. The van der Waals surface area contributed by atoms with Gasteiger partial charge in [0.05, 0.1) is 30.1 Å². The molecule has 1 unspecified atom stereocenters. The number of carbonyl (C=O) groups is 3. The number of amides is 1. The number of hydrogen-bond donors (Lipinski definition) is 1. The lowest BCUT2D eigenvalue weighted by molar-refractivity contribution is -0.132. The van der Waals surface area contributed by atoms with Crippen LogP contribution < -0.4 is 4.90 Å². The van der Waals surface area contributed by atoms with Crippen LogP contribution in [0, 0.1) is 13.8 Å². The van der Waals surface area contributed by atoms with Crippen LogP contribution >= 0.6 is 11.3 Å². The average Bonchev–Trinajstić information content (AvgIpc) is 3.53. The Labute approximate surface area is 229 Å².